The van der Waals surface area contributed by atoms with E-state index >= 15 is 0 Å². The Kier molecular flexibility index (Phi) is 7.29. The number of hydrogen-bond acceptors (Lipinski definition) is 2. The van der Waals surface area contributed by atoms with Crippen molar-refractivity contribution in [3.8, 4) is 22.3 Å². The first-order valence-electron chi connectivity index (χ1n) is 22.5. The highest BCUT2D eigenvalue weighted by molar-refractivity contribution is 7.00. The van der Waals surface area contributed by atoms with Crippen LogP contribution in [0.1, 0.15) is 25.0 Å². The highest BCUT2D eigenvalue weighted by atomic mass is 15.2. The molecule has 0 N–H and O–H groups in total. The zero-order chi connectivity index (χ0) is 42.3. The lowest BCUT2D eigenvalue weighted by atomic mass is 9.33. The molecule has 2 aliphatic heterocycles. The third kappa shape index (κ3) is 4.92. The topological polar surface area (TPSA) is 6.48 Å². The van der Waals surface area contributed by atoms with Gasteiger partial charge in [-0.2, -0.15) is 0 Å². The molecule has 2 heterocycles. The highest BCUT2D eigenvalue weighted by Gasteiger charge is 2.44. The molecule has 0 unspecified atom stereocenters. The Labute approximate surface area is 373 Å². The first kappa shape index (κ1) is 35.7. The maximum atomic E-state index is 2.56. The van der Waals surface area contributed by atoms with Gasteiger partial charge in [-0.3, -0.25) is 0 Å². The standard InChI is InChI=1S/C61H41BN2/c1-61(2)52-24-14-13-23-48(52)51-31-40(29-30-53(51)61)43-34-58-60-59(35-43)64(45-19-7-4-8-20-45)57-37-50-42(28-26-39-16-10-12-22-47(39)50)33-55(57)62(60)54-32-41-27-25-38-15-9-11-21-46(38)49(41)36-56(54)63(58)44-17-5-3-6-18-44/h3-37H,1-2H3. The van der Waals surface area contributed by atoms with Gasteiger partial charge in [0.2, 0.25) is 0 Å². The predicted octanol–water partition coefficient (Wildman–Crippen LogP) is 14.4. The van der Waals surface area contributed by atoms with Crippen molar-refractivity contribution in [1.29, 1.82) is 0 Å². The number of para-hydroxylation sites is 2. The van der Waals surface area contributed by atoms with Crippen LogP contribution >= 0.6 is 0 Å². The normalized spacial score (nSPS) is 14.1. The summed E-state index contributed by atoms with van der Waals surface area (Å²) in [6.45, 7) is 4.71. The Morgan fingerprint density at radius 1 is 0.344 bits per heavy atom. The minimum Gasteiger partial charge on any atom is -0.311 e. The molecule has 0 saturated heterocycles. The van der Waals surface area contributed by atoms with Gasteiger partial charge in [-0.15, -0.1) is 0 Å². The summed E-state index contributed by atoms with van der Waals surface area (Å²) >= 11 is 0. The molecule has 2 nitrogen and oxygen atoms in total. The second-order valence-electron chi connectivity index (χ2n) is 18.5. The van der Waals surface area contributed by atoms with Crippen LogP contribution in [0.15, 0.2) is 212 Å². The number of rotatable bonds is 3. The van der Waals surface area contributed by atoms with Crippen molar-refractivity contribution in [3.63, 3.8) is 0 Å². The van der Waals surface area contributed by atoms with E-state index in [1.165, 1.54) is 116 Å². The van der Waals surface area contributed by atoms with Crippen LogP contribution in [0.5, 0.6) is 0 Å². The summed E-state index contributed by atoms with van der Waals surface area (Å²) in [6, 6.07) is 80.1. The molecule has 0 radical (unpaired) electrons. The second-order valence-corrected chi connectivity index (χ2v) is 18.5. The monoisotopic (exact) mass is 812 g/mol. The van der Waals surface area contributed by atoms with E-state index in [9.17, 15) is 0 Å². The quantitative estimate of drug-likeness (QED) is 0.130. The number of fused-ring (bicyclic) bond motifs is 13. The molecule has 0 bridgehead atoms. The molecule has 1 aliphatic carbocycles. The average Bonchev–Trinajstić information content (AvgIpc) is 3.58. The smallest absolute Gasteiger partial charge is 0.252 e. The summed E-state index contributed by atoms with van der Waals surface area (Å²) in [5.74, 6) is 0. The molecule has 3 aliphatic rings. The summed E-state index contributed by atoms with van der Waals surface area (Å²) < 4.78 is 0. The molecule has 11 aromatic rings. The number of nitrogens with zero attached hydrogens (tertiary/aromatic N) is 2. The fraction of sp³-hybridized carbons (Fsp3) is 0.0492. The summed E-state index contributed by atoms with van der Waals surface area (Å²) in [5.41, 5.74) is 18.9. The van der Waals surface area contributed by atoms with Gasteiger partial charge < -0.3 is 9.80 Å². The molecule has 0 atom stereocenters. The third-order valence-electron chi connectivity index (χ3n) is 14.7. The van der Waals surface area contributed by atoms with Crippen molar-refractivity contribution >= 4 is 100 Å². The zero-order valence-electron chi connectivity index (χ0n) is 35.7. The summed E-state index contributed by atoms with van der Waals surface area (Å²) in [7, 11) is 0. The molecule has 0 saturated carbocycles. The minimum atomic E-state index is -0.0684. The Morgan fingerprint density at radius 2 is 0.828 bits per heavy atom. The molecular formula is C61H41BN2. The van der Waals surface area contributed by atoms with E-state index in [0.29, 0.717) is 0 Å². The molecule has 64 heavy (non-hydrogen) atoms. The Hall–Kier alpha value is -7.88. The van der Waals surface area contributed by atoms with Gasteiger partial charge in [0.1, 0.15) is 0 Å². The summed E-state index contributed by atoms with van der Waals surface area (Å²) in [5, 5.41) is 10.1. The Balaban J connectivity index is 1.13. The molecule has 0 fully saturated rings. The molecule has 298 valence electrons. The first-order chi connectivity index (χ1) is 31.5. The Morgan fingerprint density at radius 3 is 1.41 bits per heavy atom. The van der Waals surface area contributed by atoms with E-state index in [0.717, 1.165) is 11.4 Å². The number of benzene rings is 11. The lowest BCUT2D eigenvalue weighted by molar-refractivity contribution is 0.660. The van der Waals surface area contributed by atoms with Crippen molar-refractivity contribution < 1.29 is 0 Å². The van der Waals surface area contributed by atoms with Crippen LogP contribution in [0.3, 0.4) is 0 Å². The largest absolute Gasteiger partial charge is 0.311 e. The van der Waals surface area contributed by atoms with Crippen LogP contribution in [0.4, 0.5) is 34.1 Å². The highest BCUT2D eigenvalue weighted by Crippen LogP contribution is 2.51. The van der Waals surface area contributed by atoms with Crippen LogP contribution in [-0.2, 0) is 5.41 Å². The molecule has 0 amide bonds. The van der Waals surface area contributed by atoms with Crippen molar-refractivity contribution in [1.82, 2.24) is 0 Å². The van der Waals surface area contributed by atoms with Gasteiger partial charge in [0.05, 0.1) is 0 Å². The van der Waals surface area contributed by atoms with Gasteiger partial charge >= 0.3 is 0 Å². The van der Waals surface area contributed by atoms with Gasteiger partial charge in [-0.05, 0) is 147 Å². The summed E-state index contributed by atoms with van der Waals surface area (Å²) in [6.07, 6.45) is 0. The number of anilines is 6. The molecule has 11 aromatic carbocycles. The molecule has 3 heteroatoms. The van der Waals surface area contributed by atoms with Crippen LogP contribution in [0.2, 0.25) is 0 Å². The Bertz CT molecular complexity index is 3590. The lowest BCUT2D eigenvalue weighted by Gasteiger charge is -2.44. The van der Waals surface area contributed by atoms with Crippen molar-refractivity contribution in [2.75, 3.05) is 9.80 Å². The zero-order valence-corrected chi connectivity index (χ0v) is 35.7. The van der Waals surface area contributed by atoms with Gasteiger partial charge in [0.15, 0.2) is 0 Å². The van der Waals surface area contributed by atoms with Crippen LogP contribution in [0.25, 0.3) is 65.3 Å². The van der Waals surface area contributed by atoms with Gasteiger partial charge in [-0.1, -0.05) is 172 Å². The summed E-state index contributed by atoms with van der Waals surface area (Å²) in [4.78, 5) is 5.12. The fourth-order valence-electron chi connectivity index (χ4n) is 11.8. The predicted molar refractivity (Wildman–Crippen MR) is 273 cm³/mol. The first-order valence-corrected chi connectivity index (χ1v) is 22.5. The van der Waals surface area contributed by atoms with E-state index in [2.05, 4.69) is 236 Å². The maximum Gasteiger partial charge on any atom is 0.252 e. The molecular weight excluding hydrogens is 771 g/mol. The fourth-order valence-corrected chi connectivity index (χ4v) is 11.8. The maximum absolute atomic E-state index is 2.56. The van der Waals surface area contributed by atoms with E-state index in [1.807, 2.05) is 0 Å². The SMILES string of the molecule is CC1(C)c2ccccc2-c2cc(-c3cc4c5c(c3)N(c3ccccc3)c3cc6c(ccc7ccccc76)cc3B5c3cc5ccc6ccccc6c5cc3N4c3ccccc3)ccc21. The molecule has 0 spiro atoms. The molecule has 14 rings (SSSR count). The van der Waals surface area contributed by atoms with Crippen molar-refractivity contribution in [3.05, 3.63) is 223 Å². The second kappa shape index (κ2) is 13.1. The van der Waals surface area contributed by atoms with Gasteiger partial charge in [0.25, 0.3) is 6.71 Å². The van der Waals surface area contributed by atoms with E-state index in [-0.39, 0.29) is 12.1 Å². The average molecular weight is 813 g/mol. The third-order valence-corrected chi connectivity index (χ3v) is 14.7. The van der Waals surface area contributed by atoms with Gasteiger partial charge in [0, 0.05) is 39.5 Å². The van der Waals surface area contributed by atoms with Crippen molar-refractivity contribution in [2.45, 2.75) is 19.3 Å². The lowest BCUT2D eigenvalue weighted by Crippen LogP contribution is -2.61. The van der Waals surface area contributed by atoms with Gasteiger partial charge in [-0.25, -0.2) is 0 Å². The van der Waals surface area contributed by atoms with Crippen LogP contribution in [0, 0.1) is 0 Å². The van der Waals surface area contributed by atoms with E-state index in [4.69, 9.17) is 0 Å². The van der Waals surface area contributed by atoms with E-state index in [1.54, 1.807) is 0 Å². The van der Waals surface area contributed by atoms with E-state index < -0.39 is 0 Å². The number of hydrogen-bond donors (Lipinski definition) is 0. The van der Waals surface area contributed by atoms with Crippen LogP contribution in [-0.4, -0.2) is 6.71 Å². The van der Waals surface area contributed by atoms with Crippen molar-refractivity contribution in [2.24, 2.45) is 0 Å². The minimum absolute atomic E-state index is 0.0246. The molecule has 0 aromatic heterocycles. The van der Waals surface area contributed by atoms with Crippen LogP contribution < -0.4 is 26.2 Å².